The van der Waals surface area contributed by atoms with Gasteiger partial charge in [-0.1, -0.05) is 23.8 Å². The first-order chi connectivity index (χ1) is 6.27. The second kappa shape index (κ2) is 4.84. The molecule has 2 N–H and O–H groups in total. The lowest BCUT2D eigenvalue weighted by molar-refractivity contribution is 0.397. The van der Waals surface area contributed by atoms with Gasteiger partial charge in [-0.25, -0.2) is 4.98 Å². The molecule has 0 amide bonds. The van der Waals surface area contributed by atoms with Crippen LogP contribution in [0.5, 0.6) is 5.88 Å². The Kier molecular flexibility index (Phi) is 3.73. The second-order valence-electron chi connectivity index (χ2n) is 2.39. The van der Waals surface area contributed by atoms with Gasteiger partial charge in [0.25, 0.3) is 0 Å². The van der Waals surface area contributed by atoms with Crippen LogP contribution in [-0.2, 0) is 0 Å². The summed E-state index contributed by atoms with van der Waals surface area (Å²) in [4.78, 5) is 4.00. The zero-order chi connectivity index (χ0) is 9.68. The largest absolute Gasteiger partial charge is 0.481 e. The fraction of sp³-hybridized carbons (Fsp3) is 0.222. The molecule has 0 aromatic carbocycles. The minimum absolute atomic E-state index is 0.482. The van der Waals surface area contributed by atoms with Crippen molar-refractivity contribution in [2.45, 2.75) is 0 Å². The number of pyridine rings is 1. The number of hydrogen-bond acceptors (Lipinski definition) is 3. The van der Waals surface area contributed by atoms with E-state index in [0.29, 0.717) is 17.4 Å². The Labute approximate surface area is 82.2 Å². The van der Waals surface area contributed by atoms with E-state index in [4.69, 9.17) is 22.1 Å². The van der Waals surface area contributed by atoms with Crippen LogP contribution < -0.4 is 10.5 Å². The third-order valence-electron chi connectivity index (χ3n) is 1.47. The molecule has 1 aromatic heterocycles. The summed E-state index contributed by atoms with van der Waals surface area (Å²) < 4.78 is 5.04. The Morgan fingerprint density at radius 3 is 3.08 bits per heavy atom. The molecule has 0 fully saturated rings. The Morgan fingerprint density at radius 1 is 1.69 bits per heavy atom. The quantitative estimate of drug-likeness (QED) is 0.805. The molecule has 0 spiro atoms. The summed E-state index contributed by atoms with van der Waals surface area (Å²) >= 11 is 5.77. The highest BCUT2D eigenvalue weighted by Crippen LogP contribution is 2.20. The molecule has 0 aliphatic carbocycles. The van der Waals surface area contributed by atoms with Gasteiger partial charge in [-0.2, -0.15) is 0 Å². The van der Waals surface area contributed by atoms with E-state index >= 15 is 0 Å². The molecule has 1 rings (SSSR count). The van der Waals surface area contributed by atoms with Crippen LogP contribution in [0.15, 0.2) is 18.3 Å². The van der Waals surface area contributed by atoms with Crippen molar-refractivity contribution in [3.63, 3.8) is 0 Å². The van der Waals surface area contributed by atoms with Gasteiger partial charge in [0.05, 0.1) is 12.1 Å². The lowest BCUT2D eigenvalue weighted by atomic mass is 10.2. The molecule has 0 atom stereocenters. The fourth-order valence-electron chi connectivity index (χ4n) is 0.927. The lowest BCUT2D eigenvalue weighted by Crippen LogP contribution is -1.94. The molecule has 0 saturated carbocycles. The number of nitrogens with two attached hydrogens (primary N) is 1. The summed E-state index contributed by atoms with van der Waals surface area (Å²) in [7, 11) is 1.57. The Bertz CT molecular complexity index is 312. The van der Waals surface area contributed by atoms with Crippen molar-refractivity contribution in [1.82, 2.24) is 4.98 Å². The summed E-state index contributed by atoms with van der Waals surface area (Å²) in [6, 6.07) is 1.78. The highest BCUT2D eigenvalue weighted by atomic mass is 35.5. The molecule has 1 heterocycles. The summed E-state index contributed by atoms with van der Waals surface area (Å²) in [5, 5.41) is 0.581. The average molecular weight is 199 g/mol. The first-order valence-electron chi connectivity index (χ1n) is 3.84. The van der Waals surface area contributed by atoms with E-state index in [0.717, 1.165) is 5.56 Å². The van der Waals surface area contributed by atoms with Crippen LogP contribution in [0.3, 0.4) is 0 Å². The number of ether oxygens (including phenoxy) is 1. The maximum absolute atomic E-state index is 5.77. The van der Waals surface area contributed by atoms with Crippen molar-refractivity contribution in [1.29, 1.82) is 0 Å². The van der Waals surface area contributed by atoms with Crippen molar-refractivity contribution < 1.29 is 4.74 Å². The van der Waals surface area contributed by atoms with Gasteiger partial charge >= 0.3 is 0 Å². The van der Waals surface area contributed by atoms with Crippen LogP contribution in [0, 0.1) is 0 Å². The minimum atomic E-state index is 0.482. The highest BCUT2D eigenvalue weighted by molar-refractivity contribution is 6.30. The van der Waals surface area contributed by atoms with Crippen molar-refractivity contribution in [2.24, 2.45) is 5.73 Å². The zero-order valence-electron chi connectivity index (χ0n) is 7.33. The number of hydrogen-bond donors (Lipinski definition) is 1. The van der Waals surface area contributed by atoms with E-state index in [9.17, 15) is 0 Å². The van der Waals surface area contributed by atoms with E-state index in [1.54, 1.807) is 19.4 Å². The number of methoxy groups -OCH3 is 1. The molecule has 13 heavy (non-hydrogen) atoms. The van der Waals surface area contributed by atoms with Crippen LogP contribution in [0.1, 0.15) is 5.56 Å². The van der Waals surface area contributed by atoms with Crippen LogP contribution in [-0.4, -0.2) is 18.6 Å². The fourth-order valence-corrected chi connectivity index (χ4v) is 1.09. The maximum Gasteiger partial charge on any atom is 0.220 e. The van der Waals surface area contributed by atoms with Gasteiger partial charge in [0.15, 0.2) is 0 Å². The molecule has 0 aliphatic rings. The van der Waals surface area contributed by atoms with Crippen LogP contribution >= 0.6 is 11.6 Å². The summed E-state index contributed by atoms with van der Waals surface area (Å²) in [5.74, 6) is 0.550. The SMILES string of the molecule is COc1ncc(Cl)cc1C=CCN. The van der Waals surface area contributed by atoms with Crippen molar-refractivity contribution in [2.75, 3.05) is 13.7 Å². The number of nitrogens with zero attached hydrogens (tertiary/aromatic N) is 1. The molecule has 0 unspecified atom stereocenters. The van der Waals surface area contributed by atoms with Gasteiger partial charge in [-0.05, 0) is 6.07 Å². The van der Waals surface area contributed by atoms with Gasteiger partial charge in [0.1, 0.15) is 0 Å². The van der Waals surface area contributed by atoms with Gasteiger partial charge in [-0.3, -0.25) is 0 Å². The predicted octanol–water partition coefficient (Wildman–Crippen LogP) is 1.72. The van der Waals surface area contributed by atoms with E-state index < -0.39 is 0 Å². The van der Waals surface area contributed by atoms with E-state index in [-0.39, 0.29) is 0 Å². The minimum Gasteiger partial charge on any atom is -0.481 e. The smallest absolute Gasteiger partial charge is 0.220 e. The Morgan fingerprint density at radius 2 is 2.46 bits per heavy atom. The topological polar surface area (TPSA) is 48.1 Å². The van der Waals surface area contributed by atoms with Gasteiger partial charge in [-0.15, -0.1) is 0 Å². The number of aromatic nitrogens is 1. The first kappa shape index (κ1) is 10.0. The molecule has 4 heteroatoms. The molecular formula is C9H11ClN2O. The van der Waals surface area contributed by atoms with Crippen molar-refractivity contribution >= 4 is 17.7 Å². The summed E-state index contributed by atoms with van der Waals surface area (Å²) in [6.07, 6.45) is 5.19. The third-order valence-corrected chi connectivity index (χ3v) is 1.68. The lowest BCUT2D eigenvalue weighted by Gasteiger charge is -2.02. The highest BCUT2D eigenvalue weighted by Gasteiger charge is 2.00. The van der Waals surface area contributed by atoms with Crippen molar-refractivity contribution in [3.05, 3.63) is 28.9 Å². The molecular weight excluding hydrogens is 188 g/mol. The summed E-state index contributed by atoms with van der Waals surface area (Å²) in [5.41, 5.74) is 6.16. The van der Waals surface area contributed by atoms with Gasteiger partial charge < -0.3 is 10.5 Å². The van der Waals surface area contributed by atoms with E-state index in [2.05, 4.69) is 4.98 Å². The van der Waals surface area contributed by atoms with Crippen LogP contribution in [0.4, 0.5) is 0 Å². The van der Waals surface area contributed by atoms with Crippen LogP contribution in [0.2, 0.25) is 5.02 Å². The van der Waals surface area contributed by atoms with E-state index in [1.807, 2.05) is 12.2 Å². The molecule has 1 aromatic rings. The number of halogens is 1. The number of rotatable bonds is 3. The monoisotopic (exact) mass is 198 g/mol. The van der Waals surface area contributed by atoms with Gasteiger partial charge in [0, 0.05) is 18.3 Å². The molecule has 0 aliphatic heterocycles. The molecule has 0 radical (unpaired) electrons. The normalized spacial score (nSPS) is 10.7. The van der Waals surface area contributed by atoms with E-state index in [1.165, 1.54) is 0 Å². The van der Waals surface area contributed by atoms with Gasteiger partial charge in [0.2, 0.25) is 5.88 Å². The second-order valence-corrected chi connectivity index (χ2v) is 2.83. The predicted molar refractivity (Wildman–Crippen MR) is 53.9 cm³/mol. The maximum atomic E-state index is 5.77. The average Bonchev–Trinajstić information content (AvgIpc) is 2.15. The molecule has 0 bridgehead atoms. The zero-order valence-corrected chi connectivity index (χ0v) is 8.08. The first-order valence-corrected chi connectivity index (χ1v) is 4.22. The Balaban J connectivity index is 3.01. The molecule has 3 nitrogen and oxygen atoms in total. The molecule has 0 saturated heterocycles. The third kappa shape index (κ3) is 2.72. The van der Waals surface area contributed by atoms with Crippen LogP contribution in [0.25, 0.3) is 6.08 Å². The summed E-state index contributed by atoms with van der Waals surface area (Å²) in [6.45, 7) is 0.482. The standard InChI is InChI=1S/C9H11ClN2O/c1-13-9-7(3-2-4-11)5-8(10)6-12-9/h2-3,5-6H,4,11H2,1H3. The Hall–Kier alpha value is -1.06. The molecule has 70 valence electrons. The van der Waals surface area contributed by atoms with Crippen molar-refractivity contribution in [3.8, 4) is 5.88 Å².